The smallest absolute Gasteiger partial charge is 0.409 e. The fraction of sp³-hybridized carbons (Fsp3) is 0.889. The van der Waals surface area contributed by atoms with Gasteiger partial charge in [0.2, 0.25) is 0 Å². The van der Waals surface area contributed by atoms with E-state index in [2.05, 4.69) is 22.5 Å². The molecule has 2 fully saturated rings. The predicted molar refractivity (Wildman–Crippen MR) is 113 cm³/mol. The average Bonchev–Trinajstić information content (AvgIpc) is 2.60. The van der Waals surface area contributed by atoms with Crippen LogP contribution in [0.3, 0.4) is 0 Å². The van der Waals surface area contributed by atoms with Crippen LogP contribution in [0.4, 0.5) is 4.79 Å². The molecule has 0 aromatic heterocycles. The van der Waals surface area contributed by atoms with Crippen molar-refractivity contribution in [3.05, 3.63) is 0 Å². The van der Waals surface area contributed by atoms with Gasteiger partial charge in [0.1, 0.15) is 0 Å². The van der Waals surface area contributed by atoms with Gasteiger partial charge >= 0.3 is 6.09 Å². The molecule has 1 amide bonds. The molecule has 2 unspecified atom stereocenters. The number of likely N-dealkylation sites (tertiary alicyclic amines) is 1. The molecule has 2 aliphatic rings. The van der Waals surface area contributed by atoms with Crippen molar-refractivity contribution in [1.29, 1.82) is 0 Å². The number of halogens is 1. The molecule has 1 heterocycles. The zero-order valence-electron chi connectivity index (χ0n) is 15.9. The third-order valence-corrected chi connectivity index (χ3v) is 5.41. The van der Waals surface area contributed by atoms with E-state index < -0.39 is 0 Å². The number of rotatable bonds is 4. The van der Waals surface area contributed by atoms with Gasteiger partial charge in [0, 0.05) is 32.7 Å². The first kappa shape index (κ1) is 22.3. The summed E-state index contributed by atoms with van der Waals surface area (Å²) in [5.74, 6) is 2.45. The Kier molecular flexibility index (Phi) is 10.5. The van der Waals surface area contributed by atoms with Crippen LogP contribution in [-0.2, 0) is 4.74 Å². The standard InChI is InChI=1S/C18H34N4O2.HI/c1-4-24-18(23)22-11-9-16(10-12-22)21-17(19-3)20-13-15-8-6-5-7-14(15)2;/h14-16H,4-13H2,1-3H3,(H2,19,20,21);1H. The molecule has 0 spiro atoms. The maximum atomic E-state index is 11.7. The molecule has 1 saturated heterocycles. The van der Waals surface area contributed by atoms with Gasteiger partial charge in [-0.15, -0.1) is 24.0 Å². The van der Waals surface area contributed by atoms with E-state index in [4.69, 9.17) is 4.74 Å². The Morgan fingerprint density at radius 1 is 1.20 bits per heavy atom. The molecule has 0 aromatic carbocycles. The lowest BCUT2D eigenvalue weighted by molar-refractivity contribution is 0.0963. The summed E-state index contributed by atoms with van der Waals surface area (Å²) < 4.78 is 5.07. The van der Waals surface area contributed by atoms with Crippen molar-refractivity contribution in [3.8, 4) is 0 Å². The van der Waals surface area contributed by atoms with E-state index in [1.54, 1.807) is 4.90 Å². The zero-order valence-corrected chi connectivity index (χ0v) is 18.3. The lowest BCUT2D eigenvalue weighted by Crippen LogP contribution is -2.50. The van der Waals surface area contributed by atoms with Crippen molar-refractivity contribution >= 4 is 36.0 Å². The normalized spacial score (nSPS) is 25.1. The second-order valence-corrected chi connectivity index (χ2v) is 7.08. The lowest BCUT2D eigenvalue weighted by Gasteiger charge is -2.33. The minimum atomic E-state index is -0.190. The van der Waals surface area contributed by atoms with E-state index >= 15 is 0 Å². The third kappa shape index (κ3) is 7.19. The van der Waals surface area contributed by atoms with Gasteiger partial charge in [-0.2, -0.15) is 0 Å². The Morgan fingerprint density at radius 2 is 1.88 bits per heavy atom. The van der Waals surface area contributed by atoms with Crippen LogP contribution in [0, 0.1) is 11.8 Å². The molecule has 1 aliphatic carbocycles. The molecule has 7 heteroatoms. The number of hydrogen-bond donors (Lipinski definition) is 2. The van der Waals surface area contributed by atoms with Crippen molar-refractivity contribution in [2.45, 2.75) is 58.4 Å². The van der Waals surface area contributed by atoms with Crippen molar-refractivity contribution < 1.29 is 9.53 Å². The summed E-state index contributed by atoms with van der Waals surface area (Å²) in [6, 6.07) is 0.366. The second kappa shape index (κ2) is 11.8. The van der Waals surface area contributed by atoms with E-state index in [0.717, 1.165) is 50.3 Å². The van der Waals surface area contributed by atoms with Crippen LogP contribution in [0.25, 0.3) is 0 Å². The van der Waals surface area contributed by atoms with Gasteiger partial charge in [0.25, 0.3) is 0 Å². The molecule has 2 atom stereocenters. The molecule has 1 aliphatic heterocycles. The Labute approximate surface area is 169 Å². The summed E-state index contributed by atoms with van der Waals surface area (Å²) in [4.78, 5) is 17.9. The summed E-state index contributed by atoms with van der Waals surface area (Å²) in [6.45, 7) is 7.14. The molecule has 6 nitrogen and oxygen atoms in total. The van der Waals surface area contributed by atoms with Crippen LogP contribution >= 0.6 is 24.0 Å². The molecule has 1 saturated carbocycles. The van der Waals surface area contributed by atoms with E-state index in [9.17, 15) is 4.79 Å². The highest BCUT2D eigenvalue weighted by Gasteiger charge is 2.25. The number of amides is 1. The first-order valence-corrected chi connectivity index (χ1v) is 9.53. The highest BCUT2D eigenvalue weighted by Crippen LogP contribution is 2.28. The molecular weight excluding hydrogens is 431 g/mol. The van der Waals surface area contributed by atoms with Crippen LogP contribution in [-0.4, -0.2) is 56.3 Å². The Morgan fingerprint density at radius 3 is 2.48 bits per heavy atom. The molecule has 0 aromatic rings. The van der Waals surface area contributed by atoms with Gasteiger partial charge in [0.05, 0.1) is 6.61 Å². The largest absolute Gasteiger partial charge is 0.450 e. The molecule has 2 N–H and O–H groups in total. The van der Waals surface area contributed by atoms with Gasteiger partial charge in [-0.3, -0.25) is 4.99 Å². The number of ether oxygens (including phenoxy) is 1. The lowest BCUT2D eigenvalue weighted by atomic mass is 9.80. The Balaban J connectivity index is 0.00000312. The maximum Gasteiger partial charge on any atom is 0.409 e. The molecule has 0 radical (unpaired) electrons. The van der Waals surface area contributed by atoms with Crippen molar-refractivity contribution in [2.24, 2.45) is 16.8 Å². The maximum absolute atomic E-state index is 11.7. The highest BCUT2D eigenvalue weighted by atomic mass is 127. The molecular formula is C18H35IN4O2. The highest BCUT2D eigenvalue weighted by molar-refractivity contribution is 14.0. The van der Waals surface area contributed by atoms with Crippen LogP contribution in [0.15, 0.2) is 4.99 Å². The number of nitrogens with one attached hydrogen (secondary N) is 2. The van der Waals surface area contributed by atoms with Crippen LogP contribution in [0.5, 0.6) is 0 Å². The summed E-state index contributed by atoms with van der Waals surface area (Å²) in [6.07, 6.45) is 7.08. The first-order chi connectivity index (χ1) is 11.6. The summed E-state index contributed by atoms with van der Waals surface area (Å²) in [5.41, 5.74) is 0. The number of hydrogen-bond acceptors (Lipinski definition) is 3. The number of piperidine rings is 1. The SMILES string of the molecule is CCOC(=O)N1CCC(NC(=NC)NCC2CCCCC2C)CC1.I. The number of guanidine groups is 1. The van der Waals surface area contributed by atoms with Crippen molar-refractivity contribution in [2.75, 3.05) is 33.3 Å². The summed E-state index contributed by atoms with van der Waals surface area (Å²) >= 11 is 0. The minimum Gasteiger partial charge on any atom is -0.450 e. The van der Waals surface area contributed by atoms with E-state index in [-0.39, 0.29) is 30.1 Å². The molecule has 146 valence electrons. The fourth-order valence-electron chi connectivity index (χ4n) is 3.73. The molecule has 2 rings (SSSR count). The monoisotopic (exact) mass is 466 g/mol. The van der Waals surface area contributed by atoms with Gasteiger partial charge in [-0.05, 0) is 38.0 Å². The molecule has 0 bridgehead atoms. The van der Waals surface area contributed by atoms with Crippen LogP contribution in [0.2, 0.25) is 0 Å². The fourth-order valence-corrected chi connectivity index (χ4v) is 3.73. The number of aliphatic imine (C=N–C) groups is 1. The average molecular weight is 466 g/mol. The van der Waals surface area contributed by atoms with E-state index in [1.807, 2.05) is 14.0 Å². The van der Waals surface area contributed by atoms with Gasteiger partial charge in [-0.25, -0.2) is 4.79 Å². The van der Waals surface area contributed by atoms with E-state index in [1.165, 1.54) is 25.7 Å². The second-order valence-electron chi connectivity index (χ2n) is 7.08. The zero-order chi connectivity index (χ0) is 17.4. The van der Waals surface area contributed by atoms with E-state index in [0.29, 0.717) is 12.6 Å². The van der Waals surface area contributed by atoms with Gasteiger partial charge < -0.3 is 20.3 Å². The predicted octanol–water partition coefficient (Wildman–Crippen LogP) is 3.22. The van der Waals surface area contributed by atoms with Gasteiger partial charge in [0.15, 0.2) is 5.96 Å². The van der Waals surface area contributed by atoms with Crippen molar-refractivity contribution in [1.82, 2.24) is 15.5 Å². The number of nitrogens with zero attached hydrogens (tertiary/aromatic N) is 2. The quantitative estimate of drug-likeness (QED) is 0.380. The number of carbonyl (C=O) groups is 1. The minimum absolute atomic E-state index is 0. The number of carbonyl (C=O) groups excluding carboxylic acids is 1. The topological polar surface area (TPSA) is 66.0 Å². The summed E-state index contributed by atoms with van der Waals surface area (Å²) in [7, 11) is 1.83. The third-order valence-electron chi connectivity index (χ3n) is 5.41. The van der Waals surface area contributed by atoms with Crippen LogP contribution in [0.1, 0.15) is 52.4 Å². The first-order valence-electron chi connectivity index (χ1n) is 9.53. The molecule has 25 heavy (non-hydrogen) atoms. The van der Waals surface area contributed by atoms with Gasteiger partial charge in [-0.1, -0.05) is 26.2 Å². The van der Waals surface area contributed by atoms with Crippen LogP contribution < -0.4 is 10.6 Å². The summed E-state index contributed by atoms with van der Waals surface area (Å²) in [5, 5.41) is 7.02. The Bertz CT molecular complexity index is 425. The Hall–Kier alpha value is -0.730. The van der Waals surface area contributed by atoms with Crippen molar-refractivity contribution in [3.63, 3.8) is 0 Å².